The number of phenolic OH excluding ortho intramolecular Hbond substituents is 1. The van der Waals surface area contributed by atoms with E-state index in [1.54, 1.807) is 34.5 Å². The first-order chi connectivity index (χ1) is 9.07. The van der Waals surface area contributed by atoms with E-state index < -0.39 is 11.6 Å². The van der Waals surface area contributed by atoms with Gasteiger partial charge in [0, 0.05) is 58.0 Å². The molecule has 1 aromatic carbocycles. The van der Waals surface area contributed by atoms with Gasteiger partial charge in [-0.1, -0.05) is 0 Å². The normalized spacial score (nSPS) is 21.1. The van der Waals surface area contributed by atoms with Crippen molar-refractivity contribution < 1.29 is 24.1 Å². The summed E-state index contributed by atoms with van der Waals surface area (Å²) in [6.07, 6.45) is 1.14. The van der Waals surface area contributed by atoms with Crippen LogP contribution in [0.3, 0.4) is 0 Å². The highest BCUT2D eigenvalue weighted by Gasteiger charge is 2.56. The molecule has 0 spiro atoms. The highest BCUT2D eigenvalue weighted by molar-refractivity contribution is 5.62. The zero-order chi connectivity index (χ0) is 13.8. The van der Waals surface area contributed by atoms with Crippen molar-refractivity contribution in [3.05, 3.63) is 28.3 Å². The zero-order valence-corrected chi connectivity index (χ0v) is 11.6. The van der Waals surface area contributed by atoms with Gasteiger partial charge < -0.3 is 24.1 Å². The SMILES string of the molecule is COC1(OC)Cc2cc(O)c3c(c21)C(OC)(OC)C3. The first-order valence-electron chi connectivity index (χ1n) is 6.16. The predicted molar refractivity (Wildman–Crippen MR) is 66.9 cm³/mol. The Morgan fingerprint density at radius 3 is 1.95 bits per heavy atom. The molecule has 0 radical (unpaired) electrons. The molecule has 0 fully saturated rings. The number of hydrogen-bond donors (Lipinski definition) is 1. The van der Waals surface area contributed by atoms with Gasteiger partial charge in [-0.25, -0.2) is 0 Å². The highest BCUT2D eigenvalue weighted by Crippen LogP contribution is 2.57. The van der Waals surface area contributed by atoms with Gasteiger partial charge in [0.1, 0.15) is 5.75 Å². The summed E-state index contributed by atoms with van der Waals surface area (Å²) in [4.78, 5) is 0. The van der Waals surface area contributed by atoms with Crippen LogP contribution in [0.15, 0.2) is 6.07 Å². The lowest BCUT2D eigenvalue weighted by molar-refractivity contribution is -0.254. The van der Waals surface area contributed by atoms with Crippen LogP contribution in [0.25, 0.3) is 0 Å². The summed E-state index contributed by atoms with van der Waals surface area (Å²) in [5.41, 5.74) is 3.64. The molecule has 0 aliphatic heterocycles. The third kappa shape index (κ3) is 1.33. The van der Waals surface area contributed by atoms with E-state index in [2.05, 4.69) is 0 Å². The van der Waals surface area contributed by atoms with Gasteiger partial charge in [0.15, 0.2) is 11.6 Å². The van der Waals surface area contributed by atoms with Gasteiger partial charge in [-0.05, 0) is 11.6 Å². The fourth-order valence-electron chi connectivity index (χ4n) is 3.25. The summed E-state index contributed by atoms with van der Waals surface area (Å²) in [5, 5.41) is 10.0. The zero-order valence-electron chi connectivity index (χ0n) is 11.6. The van der Waals surface area contributed by atoms with E-state index in [1.807, 2.05) is 0 Å². The number of hydrogen-bond acceptors (Lipinski definition) is 5. The molecule has 0 atom stereocenters. The van der Waals surface area contributed by atoms with Crippen LogP contribution in [0.2, 0.25) is 0 Å². The van der Waals surface area contributed by atoms with Crippen molar-refractivity contribution >= 4 is 0 Å². The first kappa shape index (κ1) is 12.9. The quantitative estimate of drug-likeness (QED) is 0.835. The van der Waals surface area contributed by atoms with E-state index >= 15 is 0 Å². The lowest BCUT2D eigenvalue weighted by Gasteiger charge is -2.51. The Hall–Kier alpha value is -1.14. The summed E-state index contributed by atoms with van der Waals surface area (Å²) in [6.45, 7) is 0. The van der Waals surface area contributed by atoms with Gasteiger partial charge in [-0.15, -0.1) is 0 Å². The second-order valence-electron chi connectivity index (χ2n) is 4.96. The Morgan fingerprint density at radius 2 is 1.42 bits per heavy atom. The summed E-state index contributed by atoms with van der Waals surface area (Å²) in [5.74, 6) is -1.27. The maximum Gasteiger partial charge on any atom is 0.199 e. The summed E-state index contributed by atoms with van der Waals surface area (Å²) >= 11 is 0. The average molecular weight is 266 g/mol. The molecule has 5 heteroatoms. The molecule has 19 heavy (non-hydrogen) atoms. The van der Waals surface area contributed by atoms with Crippen LogP contribution >= 0.6 is 0 Å². The van der Waals surface area contributed by atoms with E-state index in [1.165, 1.54) is 0 Å². The van der Waals surface area contributed by atoms with Gasteiger partial charge in [0.25, 0.3) is 0 Å². The fraction of sp³-hybridized carbons (Fsp3) is 0.571. The molecule has 0 aromatic heterocycles. The van der Waals surface area contributed by atoms with Crippen LogP contribution in [0, 0.1) is 0 Å². The first-order valence-corrected chi connectivity index (χ1v) is 6.16. The molecule has 1 N–H and O–H groups in total. The van der Waals surface area contributed by atoms with Crippen LogP contribution in [0.4, 0.5) is 0 Å². The Balaban J connectivity index is 2.21. The number of benzene rings is 1. The number of methoxy groups -OCH3 is 4. The van der Waals surface area contributed by atoms with Crippen molar-refractivity contribution in [1.29, 1.82) is 0 Å². The van der Waals surface area contributed by atoms with E-state index in [0.717, 1.165) is 22.3 Å². The third-order valence-electron chi connectivity index (χ3n) is 4.41. The average Bonchev–Trinajstić information content (AvgIpc) is 2.39. The molecule has 2 aliphatic carbocycles. The van der Waals surface area contributed by atoms with Crippen LogP contribution in [-0.4, -0.2) is 33.5 Å². The second kappa shape index (κ2) is 3.93. The van der Waals surface area contributed by atoms with Crippen molar-refractivity contribution in [3.63, 3.8) is 0 Å². The standard InChI is InChI=1S/C14H18O5/c1-16-13(17-2)6-8-5-10(15)9-7-14(18-3,19-4)12(9)11(8)13/h5,15H,6-7H2,1-4H3. The molecule has 0 saturated heterocycles. The molecule has 0 bridgehead atoms. The van der Waals surface area contributed by atoms with Crippen molar-refractivity contribution in [2.75, 3.05) is 28.4 Å². The van der Waals surface area contributed by atoms with Gasteiger partial charge in [-0.3, -0.25) is 0 Å². The lowest BCUT2D eigenvalue weighted by atomic mass is 9.67. The minimum Gasteiger partial charge on any atom is -0.508 e. The predicted octanol–water partition coefficient (Wildman–Crippen LogP) is 1.40. The van der Waals surface area contributed by atoms with Gasteiger partial charge in [0.2, 0.25) is 0 Å². The maximum atomic E-state index is 10.0. The van der Waals surface area contributed by atoms with Crippen molar-refractivity contribution in [2.24, 2.45) is 0 Å². The van der Waals surface area contributed by atoms with Gasteiger partial charge >= 0.3 is 0 Å². The van der Waals surface area contributed by atoms with Crippen LogP contribution in [0.5, 0.6) is 5.75 Å². The molecule has 1 aromatic rings. The number of rotatable bonds is 4. The Labute approximate surface area is 112 Å². The number of phenols is 1. The number of ether oxygens (including phenoxy) is 4. The number of fused-ring (bicyclic) bond motifs is 3. The molecule has 104 valence electrons. The largest absolute Gasteiger partial charge is 0.508 e. The van der Waals surface area contributed by atoms with E-state index in [4.69, 9.17) is 18.9 Å². The topological polar surface area (TPSA) is 57.2 Å². The molecule has 2 aliphatic rings. The molecule has 5 nitrogen and oxygen atoms in total. The molecular weight excluding hydrogens is 248 g/mol. The van der Waals surface area contributed by atoms with E-state index in [-0.39, 0.29) is 0 Å². The van der Waals surface area contributed by atoms with Gasteiger partial charge in [-0.2, -0.15) is 0 Å². The summed E-state index contributed by atoms with van der Waals surface area (Å²) in [6, 6.07) is 1.78. The third-order valence-corrected chi connectivity index (χ3v) is 4.41. The van der Waals surface area contributed by atoms with Gasteiger partial charge in [0.05, 0.1) is 0 Å². The molecule has 0 heterocycles. The summed E-state index contributed by atoms with van der Waals surface area (Å²) in [7, 11) is 6.43. The second-order valence-corrected chi connectivity index (χ2v) is 4.96. The van der Waals surface area contributed by atoms with Crippen LogP contribution in [-0.2, 0) is 43.4 Å². The Bertz CT molecular complexity index is 529. The lowest BCUT2D eigenvalue weighted by Crippen LogP contribution is -2.51. The molecule has 3 rings (SSSR count). The Kier molecular flexibility index (Phi) is 2.66. The highest BCUT2D eigenvalue weighted by atomic mass is 16.7. The number of aromatic hydroxyl groups is 1. The van der Waals surface area contributed by atoms with Crippen molar-refractivity contribution in [3.8, 4) is 5.75 Å². The Morgan fingerprint density at radius 1 is 0.895 bits per heavy atom. The summed E-state index contributed by atoms with van der Waals surface area (Å²) < 4.78 is 22.1. The minimum absolute atomic E-state index is 0.291. The fourth-order valence-corrected chi connectivity index (χ4v) is 3.25. The van der Waals surface area contributed by atoms with Crippen LogP contribution < -0.4 is 0 Å². The van der Waals surface area contributed by atoms with E-state index in [0.29, 0.717) is 18.6 Å². The monoisotopic (exact) mass is 266 g/mol. The molecular formula is C14H18O5. The smallest absolute Gasteiger partial charge is 0.199 e. The van der Waals surface area contributed by atoms with Crippen molar-refractivity contribution in [1.82, 2.24) is 0 Å². The maximum absolute atomic E-state index is 10.0. The molecule has 0 unspecified atom stereocenters. The molecule has 0 amide bonds. The van der Waals surface area contributed by atoms with E-state index in [9.17, 15) is 5.11 Å². The minimum atomic E-state index is -0.805. The van der Waals surface area contributed by atoms with Crippen LogP contribution in [0.1, 0.15) is 22.3 Å². The molecule has 0 saturated carbocycles. The van der Waals surface area contributed by atoms with Crippen molar-refractivity contribution in [2.45, 2.75) is 24.4 Å².